The van der Waals surface area contributed by atoms with Gasteiger partial charge in [0, 0.05) is 5.30 Å². The number of rotatable bonds is 4. The van der Waals surface area contributed by atoms with Crippen LogP contribution in [-0.4, -0.2) is 0 Å². The average molecular weight is 395 g/mol. The number of halogens is 2. The van der Waals surface area contributed by atoms with Crippen LogP contribution in [0.1, 0.15) is 63.8 Å². The molecule has 0 saturated heterocycles. The minimum atomic E-state index is -1.19. The van der Waals surface area contributed by atoms with E-state index in [-0.39, 0.29) is 10.8 Å². The Labute approximate surface area is 164 Å². The van der Waals surface area contributed by atoms with Gasteiger partial charge in [0.15, 0.2) is 0 Å². The second-order valence-corrected chi connectivity index (χ2v) is 12.2. The second kappa shape index (κ2) is 7.99. The van der Waals surface area contributed by atoms with Crippen molar-refractivity contribution in [2.75, 3.05) is 0 Å². The predicted molar refractivity (Wildman–Crippen MR) is 116 cm³/mol. The van der Waals surface area contributed by atoms with Gasteiger partial charge in [-0.3, -0.25) is 0 Å². The molecular formula is C22H29Cl2P. The Bertz CT molecular complexity index is 707. The molecule has 0 unspecified atom stereocenters. The molecule has 3 heteroatoms. The molecule has 2 rings (SSSR count). The van der Waals surface area contributed by atoms with E-state index < -0.39 is 6.63 Å². The third-order valence-corrected chi connectivity index (χ3v) is 6.44. The average Bonchev–Trinajstić information content (AvgIpc) is 2.51. The summed E-state index contributed by atoms with van der Waals surface area (Å²) in [6.07, 6.45) is 1.96. The van der Waals surface area contributed by atoms with Crippen LogP contribution < -0.4 is 5.30 Å². The molecule has 0 spiro atoms. The number of aryl methyl sites for hydroxylation is 2. The first-order chi connectivity index (χ1) is 11.5. The fraction of sp³-hybridized carbons (Fsp3) is 0.455. The van der Waals surface area contributed by atoms with Crippen LogP contribution in [0.5, 0.6) is 0 Å². The molecule has 2 aromatic carbocycles. The van der Waals surface area contributed by atoms with Crippen molar-refractivity contribution < 1.29 is 0 Å². The summed E-state index contributed by atoms with van der Waals surface area (Å²) in [4.78, 5) is 0. The van der Waals surface area contributed by atoms with Crippen molar-refractivity contribution in [3.8, 4) is 0 Å². The maximum Gasteiger partial charge on any atom is 0.117 e. The van der Waals surface area contributed by atoms with Crippen molar-refractivity contribution in [2.45, 2.75) is 65.2 Å². The normalized spacial score (nSPS) is 12.7. The molecule has 0 atom stereocenters. The summed E-state index contributed by atoms with van der Waals surface area (Å²) in [6, 6.07) is 15.3. The zero-order valence-corrected chi connectivity index (χ0v) is 18.6. The van der Waals surface area contributed by atoms with Crippen molar-refractivity contribution in [1.29, 1.82) is 0 Å². The quantitative estimate of drug-likeness (QED) is 0.471. The molecular weight excluding hydrogens is 366 g/mol. The van der Waals surface area contributed by atoms with Crippen LogP contribution in [0.3, 0.4) is 0 Å². The van der Waals surface area contributed by atoms with Crippen LogP contribution in [-0.2, 0) is 23.7 Å². The van der Waals surface area contributed by atoms with Gasteiger partial charge in [-0.15, -0.1) is 0 Å². The van der Waals surface area contributed by atoms with Crippen molar-refractivity contribution in [1.82, 2.24) is 0 Å². The number of benzene rings is 2. The molecule has 0 aliphatic carbocycles. The van der Waals surface area contributed by atoms with Crippen LogP contribution in [0.2, 0.25) is 0 Å². The first kappa shape index (κ1) is 20.8. The molecule has 0 nitrogen and oxygen atoms in total. The Morgan fingerprint density at radius 2 is 1.40 bits per heavy atom. The third-order valence-electron chi connectivity index (χ3n) is 4.56. The smallest absolute Gasteiger partial charge is 0.0727 e. The molecule has 0 radical (unpaired) electrons. The zero-order chi connectivity index (χ0) is 18.8. The summed E-state index contributed by atoms with van der Waals surface area (Å²) in [5.41, 5.74) is 5.41. The molecule has 0 heterocycles. The highest BCUT2D eigenvalue weighted by molar-refractivity contribution is 8.09. The molecule has 0 saturated carbocycles. The van der Waals surface area contributed by atoms with Gasteiger partial charge in [-0.25, -0.2) is 0 Å². The monoisotopic (exact) mass is 394 g/mol. The van der Waals surface area contributed by atoms with Crippen LogP contribution in [0.25, 0.3) is 0 Å². The van der Waals surface area contributed by atoms with Gasteiger partial charge < -0.3 is 0 Å². The molecule has 25 heavy (non-hydrogen) atoms. The lowest BCUT2D eigenvalue weighted by molar-refractivity contribution is 0.569. The van der Waals surface area contributed by atoms with E-state index in [0.29, 0.717) is 0 Å². The van der Waals surface area contributed by atoms with E-state index >= 15 is 0 Å². The number of hydrogen-bond acceptors (Lipinski definition) is 0. The first-order valence-corrected chi connectivity index (χ1v) is 12.0. The van der Waals surface area contributed by atoms with E-state index in [1.807, 2.05) is 0 Å². The fourth-order valence-corrected chi connectivity index (χ4v) is 5.19. The molecule has 2 aromatic rings. The molecule has 0 N–H and O–H groups in total. The lowest BCUT2D eigenvalue weighted by atomic mass is 9.79. The Kier molecular flexibility index (Phi) is 6.64. The second-order valence-electron chi connectivity index (χ2n) is 8.75. The van der Waals surface area contributed by atoms with Gasteiger partial charge in [-0.2, -0.15) is 0 Å². The molecule has 0 fully saturated rings. The highest BCUT2D eigenvalue weighted by Crippen LogP contribution is 2.49. The molecule has 0 amide bonds. The predicted octanol–water partition coefficient (Wildman–Crippen LogP) is 7.48. The SMILES string of the molecule is CC(C)(C)c1cc(CCc2ccccc2)c(P(Cl)Cl)c(C(C)(C)C)c1. The van der Waals surface area contributed by atoms with Crippen molar-refractivity contribution in [3.05, 3.63) is 64.7 Å². The Morgan fingerprint density at radius 1 is 0.800 bits per heavy atom. The highest BCUT2D eigenvalue weighted by Gasteiger charge is 2.27. The number of hydrogen-bond donors (Lipinski definition) is 0. The largest absolute Gasteiger partial charge is 0.117 e. The summed E-state index contributed by atoms with van der Waals surface area (Å²) < 4.78 is 0. The molecule has 0 bridgehead atoms. The third kappa shape index (κ3) is 5.46. The van der Waals surface area contributed by atoms with Gasteiger partial charge in [-0.05, 0) is 45.9 Å². The highest BCUT2D eigenvalue weighted by atomic mass is 35.9. The Morgan fingerprint density at radius 3 is 1.88 bits per heavy atom. The van der Waals surface area contributed by atoms with Gasteiger partial charge >= 0.3 is 0 Å². The van der Waals surface area contributed by atoms with Crippen molar-refractivity contribution in [3.63, 3.8) is 0 Å². The minimum Gasteiger partial charge on any atom is -0.0727 e. The Hall–Kier alpha value is -0.550. The summed E-state index contributed by atoms with van der Waals surface area (Å²) in [5.74, 6) is 0. The van der Waals surface area contributed by atoms with Crippen molar-refractivity contribution >= 4 is 34.4 Å². The van der Waals surface area contributed by atoms with E-state index in [2.05, 4.69) is 84.0 Å². The van der Waals surface area contributed by atoms with Gasteiger partial charge in [0.2, 0.25) is 0 Å². The summed E-state index contributed by atoms with van der Waals surface area (Å²) >= 11 is 13.0. The zero-order valence-electron chi connectivity index (χ0n) is 16.2. The van der Waals surface area contributed by atoms with Crippen LogP contribution >= 0.6 is 29.1 Å². The van der Waals surface area contributed by atoms with Crippen molar-refractivity contribution in [2.24, 2.45) is 0 Å². The van der Waals surface area contributed by atoms with Crippen LogP contribution in [0.4, 0.5) is 0 Å². The van der Waals surface area contributed by atoms with Crippen LogP contribution in [0, 0.1) is 0 Å². The molecule has 0 aliphatic rings. The summed E-state index contributed by atoms with van der Waals surface area (Å²) in [5, 5.41) is 1.16. The first-order valence-electron chi connectivity index (χ1n) is 8.83. The maximum absolute atomic E-state index is 6.50. The van der Waals surface area contributed by atoms with E-state index in [4.69, 9.17) is 22.5 Å². The van der Waals surface area contributed by atoms with Gasteiger partial charge in [0.05, 0.1) is 0 Å². The van der Waals surface area contributed by atoms with E-state index in [0.717, 1.165) is 18.1 Å². The molecule has 0 aromatic heterocycles. The lowest BCUT2D eigenvalue weighted by Gasteiger charge is -2.30. The summed E-state index contributed by atoms with van der Waals surface area (Å²) in [6.45, 7) is 12.3. The van der Waals surface area contributed by atoms with E-state index in [9.17, 15) is 0 Å². The fourth-order valence-electron chi connectivity index (χ4n) is 3.01. The van der Waals surface area contributed by atoms with Crippen LogP contribution in [0.15, 0.2) is 42.5 Å². The van der Waals surface area contributed by atoms with Gasteiger partial charge in [-0.1, -0.05) is 106 Å². The minimum absolute atomic E-state index is 0.0163. The maximum atomic E-state index is 6.50. The topological polar surface area (TPSA) is 0 Å². The lowest BCUT2D eigenvalue weighted by Crippen LogP contribution is -2.26. The molecule has 136 valence electrons. The summed E-state index contributed by atoms with van der Waals surface area (Å²) in [7, 11) is 0. The van der Waals surface area contributed by atoms with Gasteiger partial charge in [0.25, 0.3) is 0 Å². The van der Waals surface area contributed by atoms with Gasteiger partial charge in [0.1, 0.15) is 6.63 Å². The molecule has 0 aliphatic heterocycles. The Balaban J connectivity index is 2.54. The van der Waals surface area contributed by atoms with E-state index in [1.54, 1.807) is 0 Å². The standard InChI is InChI=1S/C22H29Cl2P/c1-21(2,3)18-14-17(13-12-16-10-8-7-9-11-16)20(25(23)24)19(15-18)22(4,5)6/h7-11,14-15H,12-13H2,1-6H3. The van der Waals surface area contributed by atoms with E-state index in [1.165, 1.54) is 22.3 Å².